The summed E-state index contributed by atoms with van der Waals surface area (Å²) >= 11 is 1.40. The largest absolute Gasteiger partial charge is 0.378 e. The number of aryl methyl sites for hydroxylation is 1. The second-order valence-corrected chi connectivity index (χ2v) is 8.04. The minimum absolute atomic E-state index is 0.0149. The van der Waals surface area contributed by atoms with Crippen molar-refractivity contribution in [2.45, 2.75) is 13.5 Å². The van der Waals surface area contributed by atoms with Gasteiger partial charge in [-0.25, -0.2) is 4.98 Å². The lowest BCUT2D eigenvalue weighted by molar-refractivity contribution is 0.0788. The lowest BCUT2D eigenvalue weighted by Crippen LogP contribution is -2.37. The molecule has 29 heavy (non-hydrogen) atoms. The molecular formula is C22H24N4O2S. The molecule has 1 saturated heterocycles. The number of amides is 1. The summed E-state index contributed by atoms with van der Waals surface area (Å²) < 4.78 is 5.47. The van der Waals surface area contributed by atoms with E-state index in [4.69, 9.17) is 4.74 Å². The average molecular weight is 409 g/mol. The van der Waals surface area contributed by atoms with Crippen molar-refractivity contribution in [2.75, 3.05) is 38.3 Å². The molecular weight excluding hydrogens is 384 g/mol. The van der Waals surface area contributed by atoms with Gasteiger partial charge in [0.25, 0.3) is 5.91 Å². The molecule has 1 aliphatic heterocycles. The third-order valence-electron chi connectivity index (χ3n) is 4.97. The first-order valence-electron chi connectivity index (χ1n) is 9.68. The quantitative estimate of drug-likeness (QED) is 0.645. The number of rotatable bonds is 5. The number of carbonyl (C=O) groups is 1. The van der Waals surface area contributed by atoms with Gasteiger partial charge < -0.3 is 14.5 Å². The lowest BCUT2D eigenvalue weighted by atomic mass is 10.1. The Bertz CT molecular complexity index is 983. The zero-order valence-corrected chi connectivity index (χ0v) is 17.5. The van der Waals surface area contributed by atoms with E-state index in [0.717, 1.165) is 48.3 Å². The molecule has 3 heterocycles. The van der Waals surface area contributed by atoms with E-state index >= 15 is 0 Å². The predicted molar refractivity (Wildman–Crippen MR) is 115 cm³/mol. The Morgan fingerprint density at radius 3 is 2.69 bits per heavy atom. The van der Waals surface area contributed by atoms with Crippen LogP contribution < -0.4 is 4.90 Å². The van der Waals surface area contributed by atoms with Gasteiger partial charge >= 0.3 is 0 Å². The maximum Gasteiger partial charge on any atom is 0.265 e. The molecule has 2 aromatic heterocycles. The molecule has 0 radical (unpaired) electrons. The van der Waals surface area contributed by atoms with Crippen molar-refractivity contribution in [2.24, 2.45) is 0 Å². The van der Waals surface area contributed by atoms with Crippen molar-refractivity contribution < 1.29 is 9.53 Å². The zero-order valence-electron chi connectivity index (χ0n) is 16.7. The molecule has 1 aliphatic rings. The SMILES string of the molecule is Cc1nc(-c2ccccn2)sc1C(=O)N(C)Cc1ccccc1N1CCOCC1. The van der Waals surface area contributed by atoms with Gasteiger partial charge in [0.15, 0.2) is 0 Å². The van der Waals surface area contributed by atoms with Crippen LogP contribution in [0.4, 0.5) is 5.69 Å². The zero-order chi connectivity index (χ0) is 20.2. The molecule has 4 rings (SSSR count). The summed E-state index contributed by atoms with van der Waals surface area (Å²) in [6.07, 6.45) is 1.74. The fourth-order valence-electron chi connectivity index (χ4n) is 3.45. The Labute approximate surface area is 174 Å². The Kier molecular flexibility index (Phi) is 5.87. The maximum atomic E-state index is 13.1. The summed E-state index contributed by atoms with van der Waals surface area (Å²) in [6, 6.07) is 14.0. The van der Waals surface area contributed by atoms with Crippen molar-refractivity contribution in [1.29, 1.82) is 0 Å². The third-order valence-corrected chi connectivity index (χ3v) is 6.14. The van der Waals surface area contributed by atoms with Crippen molar-refractivity contribution in [1.82, 2.24) is 14.9 Å². The van der Waals surface area contributed by atoms with Crippen LogP contribution in [-0.2, 0) is 11.3 Å². The van der Waals surface area contributed by atoms with Crippen LogP contribution in [0.2, 0.25) is 0 Å². The Morgan fingerprint density at radius 1 is 1.17 bits per heavy atom. The molecule has 0 saturated carbocycles. The highest BCUT2D eigenvalue weighted by atomic mass is 32.1. The molecule has 7 heteroatoms. The number of hydrogen-bond donors (Lipinski definition) is 0. The number of pyridine rings is 1. The topological polar surface area (TPSA) is 58.6 Å². The molecule has 0 N–H and O–H groups in total. The van der Waals surface area contributed by atoms with Crippen LogP contribution in [0.5, 0.6) is 0 Å². The summed E-state index contributed by atoms with van der Waals surface area (Å²) in [7, 11) is 1.85. The molecule has 3 aromatic rings. The minimum atomic E-state index is -0.0149. The molecule has 0 bridgehead atoms. The van der Waals surface area contributed by atoms with E-state index in [1.54, 1.807) is 11.1 Å². The molecule has 0 unspecified atom stereocenters. The molecule has 1 amide bonds. The van der Waals surface area contributed by atoms with Crippen LogP contribution in [0.25, 0.3) is 10.7 Å². The first-order valence-corrected chi connectivity index (χ1v) is 10.5. The molecule has 1 aromatic carbocycles. The van der Waals surface area contributed by atoms with E-state index in [1.165, 1.54) is 17.0 Å². The van der Waals surface area contributed by atoms with E-state index in [2.05, 4.69) is 27.0 Å². The molecule has 150 valence electrons. The highest BCUT2D eigenvalue weighted by Gasteiger charge is 2.22. The predicted octanol–water partition coefficient (Wildman–Crippen LogP) is 3.62. The summed E-state index contributed by atoms with van der Waals surface area (Å²) in [5.41, 5.74) is 3.84. The van der Waals surface area contributed by atoms with Crippen LogP contribution >= 0.6 is 11.3 Å². The Morgan fingerprint density at radius 2 is 1.93 bits per heavy atom. The van der Waals surface area contributed by atoms with E-state index < -0.39 is 0 Å². The van der Waals surface area contributed by atoms with Gasteiger partial charge in [-0.15, -0.1) is 11.3 Å². The van der Waals surface area contributed by atoms with E-state index in [1.807, 2.05) is 44.3 Å². The van der Waals surface area contributed by atoms with Gasteiger partial charge in [-0.2, -0.15) is 0 Å². The fourth-order valence-corrected chi connectivity index (χ4v) is 4.49. The third kappa shape index (κ3) is 4.31. The first-order chi connectivity index (χ1) is 14.1. The normalized spacial score (nSPS) is 14.1. The fraction of sp³-hybridized carbons (Fsp3) is 0.318. The highest BCUT2D eigenvalue weighted by Crippen LogP contribution is 2.28. The van der Waals surface area contributed by atoms with Crippen LogP contribution in [0.3, 0.4) is 0 Å². The van der Waals surface area contributed by atoms with Gasteiger partial charge in [0, 0.05) is 38.6 Å². The summed E-state index contributed by atoms with van der Waals surface area (Å²) in [6.45, 7) is 5.64. The Balaban J connectivity index is 1.53. The van der Waals surface area contributed by atoms with Gasteiger partial charge in [-0.1, -0.05) is 24.3 Å². The van der Waals surface area contributed by atoms with Gasteiger partial charge in [0.2, 0.25) is 0 Å². The number of aromatic nitrogens is 2. The number of carbonyl (C=O) groups excluding carboxylic acids is 1. The summed E-state index contributed by atoms with van der Waals surface area (Å²) in [4.78, 5) is 26.8. The van der Waals surface area contributed by atoms with Crippen LogP contribution in [-0.4, -0.2) is 54.1 Å². The second kappa shape index (κ2) is 8.71. The smallest absolute Gasteiger partial charge is 0.265 e. The summed E-state index contributed by atoms with van der Waals surface area (Å²) in [5, 5.41) is 0.772. The Hall–Kier alpha value is -2.77. The van der Waals surface area contributed by atoms with Crippen molar-refractivity contribution >= 4 is 22.9 Å². The highest BCUT2D eigenvalue weighted by molar-refractivity contribution is 7.17. The number of anilines is 1. The van der Waals surface area contributed by atoms with Crippen LogP contribution in [0.1, 0.15) is 20.9 Å². The second-order valence-electron chi connectivity index (χ2n) is 7.04. The number of morpholine rings is 1. The van der Waals surface area contributed by atoms with E-state index in [9.17, 15) is 4.79 Å². The van der Waals surface area contributed by atoms with Crippen LogP contribution in [0.15, 0.2) is 48.7 Å². The number of ether oxygens (including phenoxy) is 1. The van der Waals surface area contributed by atoms with Gasteiger partial charge in [-0.3, -0.25) is 9.78 Å². The molecule has 6 nitrogen and oxygen atoms in total. The average Bonchev–Trinajstić information content (AvgIpc) is 3.16. The van der Waals surface area contributed by atoms with Crippen molar-refractivity contribution in [3.05, 3.63) is 64.8 Å². The van der Waals surface area contributed by atoms with Crippen LogP contribution in [0, 0.1) is 6.92 Å². The van der Waals surface area contributed by atoms with E-state index in [-0.39, 0.29) is 5.91 Å². The van der Waals surface area contributed by atoms with Crippen molar-refractivity contribution in [3.8, 4) is 10.7 Å². The number of para-hydroxylation sites is 1. The first kappa shape index (κ1) is 19.5. The molecule has 0 aliphatic carbocycles. The number of thiazole rings is 1. The van der Waals surface area contributed by atoms with Gasteiger partial charge in [0.1, 0.15) is 9.88 Å². The number of benzene rings is 1. The van der Waals surface area contributed by atoms with E-state index in [0.29, 0.717) is 11.4 Å². The molecule has 0 atom stereocenters. The lowest BCUT2D eigenvalue weighted by Gasteiger charge is -2.31. The number of nitrogens with zero attached hydrogens (tertiary/aromatic N) is 4. The monoisotopic (exact) mass is 408 g/mol. The minimum Gasteiger partial charge on any atom is -0.378 e. The van der Waals surface area contributed by atoms with Gasteiger partial charge in [0.05, 0.1) is 24.6 Å². The molecule has 1 fully saturated rings. The maximum absolute atomic E-state index is 13.1. The summed E-state index contributed by atoms with van der Waals surface area (Å²) in [5.74, 6) is -0.0149. The standard InChI is InChI=1S/C22H24N4O2S/c1-16-20(29-21(24-16)18-8-5-6-10-23-18)22(27)25(2)15-17-7-3-4-9-19(17)26-11-13-28-14-12-26/h3-10H,11-15H2,1-2H3. The van der Waals surface area contributed by atoms with Crippen molar-refractivity contribution in [3.63, 3.8) is 0 Å². The molecule has 0 spiro atoms. The number of hydrogen-bond acceptors (Lipinski definition) is 6. The van der Waals surface area contributed by atoms with Gasteiger partial charge in [-0.05, 0) is 30.7 Å².